The number of carbonyl (C=O) groups excluding carboxylic acids is 1. The minimum Gasteiger partial charge on any atom is -0.349 e. The van der Waals surface area contributed by atoms with Gasteiger partial charge >= 0.3 is 0 Å². The average Bonchev–Trinajstić information content (AvgIpc) is 2.62. The molecule has 1 aromatic rings. The largest absolute Gasteiger partial charge is 0.349 e. The van der Waals surface area contributed by atoms with Crippen LogP contribution in [0.15, 0.2) is 12.1 Å². The molecule has 1 saturated carbocycles. The molecular weight excluding hydrogens is 243 g/mol. The highest BCUT2D eigenvalue weighted by Crippen LogP contribution is 2.25. The lowest BCUT2D eigenvalue weighted by atomic mass is 10.1. The summed E-state index contributed by atoms with van der Waals surface area (Å²) in [4.78, 5) is 11.7. The predicted molar refractivity (Wildman–Crippen MR) is 60.6 cm³/mol. The molecule has 5 heteroatoms. The van der Waals surface area contributed by atoms with Gasteiger partial charge in [-0.1, -0.05) is 6.92 Å². The molecule has 1 amide bonds. The molecule has 1 fully saturated rings. The Hall–Kier alpha value is -1.52. The fraction of sp³-hybridized carbons (Fsp3) is 0.462. The minimum absolute atomic E-state index is 0.0589. The average molecular weight is 257 g/mol. The first-order valence-electron chi connectivity index (χ1n) is 5.92. The summed E-state index contributed by atoms with van der Waals surface area (Å²) >= 11 is 0. The molecule has 98 valence electrons. The van der Waals surface area contributed by atoms with Crippen molar-refractivity contribution in [3.05, 3.63) is 35.1 Å². The highest BCUT2D eigenvalue weighted by Gasteiger charge is 2.26. The highest BCUT2D eigenvalue weighted by atomic mass is 19.1. The molecule has 2 nitrogen and oxygen atoms in total. The lowest BCUT2D eigenvalue weighted by Gasteiger charge is -2.13. The summed E-state index contributed by atoms with van der Waals surface area (Å²) in [6.07, 6.45) is 2.59. The second-order valence-electron chi connectivity index (χ2n) is 4.83. The van der Waals surface area contributed by atoms with Crippen LogP contribution >= 0.6 is 0 Å². The lowest BCUT2D eigenvalue weighted by Crippen LogP contribution is -2.34. The molecule has 0 bridgehead atoms. The van der Waals surface area contributed by atoms with Crippen molar-refractivity contribution in [2.45, 2.75) is 32.2 Å². The number of rotatable bonds is 2. The van der Waals surface area contributed by atoms with E-state index in [1.54, 1.807) is 0 Å². The summed E-state index contributed by atoms with van der Waals surface area (Å²) in [5, 5.41) is 2.59. The van der Waals surface area contributed by atoms with Gasteiger partial charge in [0.1, 0.15) is 23.0 Å². The Morgan fingerprint density at radius 3 is 2.33 bits per heavy atom. The Labute approximate surface area is 103 Å². The van der Waals surface area contributed by atoms with Crippen molar-refractivity contribution in [2.24, 2.45) is 5.92 Å². The van der Waals surface area contributed by atoms with Gasteiger partial charge in [-0.2, -0.15) is 0 Å². The van der Waals surface area contributed by atoms with Crippen LogP contribution in [0, 0.1) is 23.4 Å². The van der Waals surface area contributed by atoms with Crippen LogP contribution in [0.1, 0.15) is 36.5 Å². The van der Waals surface area contributed by atoms with Crippen molar-refractivity contribution in [1.82, 2.24) is 5.32 Å². The fourth-order valence-electron chi connectivity index (χ4n) is 2.35. The second kappa shape index (κ2) is 5.00. The first kappa shape index (κ1) is 12.9. The van der Waals surface area contributed by atoms with E-state index in [-0.39, 0.29) is 6.04 Å². The van der Waals surface area contributed by atoms with E-state index in [9.17, 15) is 18.0 Å². The van der Waals surface area contributed by atoms with E-state index in [1.165, 1.54) is 0 Å². The quantitative estimate of drug-likeness (QED) is 0.867. The molecule has 2 atom stereocenters. The number of carbonyl (C=O) groups is 1. The molecule has 0 heterocycles. The van der Waals surface area contributed by atoms with E-state index in [0.717, 1.165) is 19.3 Å². The van der Waals surface area contributed by atoms with Gasteiger partial charge in [0.2, 0.25) is 0 Å². The second-order valence-corrected chi connectivity index (χ2v) is 4.83. The summed E-state index contributed by atoms with van der Waals surface area (Å²) in [6, 6.07) is 0.959. The van der Waals surface area contributed by atoms with E-state index in [4.69, 9.17) is 0 Å². The van der Waals surface area contributed by atoms with Gasteiger partial charge in [-0.3, -0.25) is 4.79 Å². The summed E-state index contributed by atoms with van der Waals surface area (Å²) in [5.41, 5.74) is -0.712. The molecule has 2 unspecified atom stereocenters. The number of amides is 1. The Bertz CT molecular complexity index is 452. The first-order chi connectivity index (χ1) is 8.47. The maximum Gasteiger partial charge on any atom is 0.257 e. The van der Waals surface area contributed by atoms with Gasteiger partial charge in [-0.15, -0.1) is 0 Å². The molecule has 0 aromatic heterocycles. The maximum absolute atomic E-state index is 13.4. The maximum atomic E-state index is 13.4. The number of nitrogens with one attached hydrogen (secondary N) is 1. The van der Waals surface area contributed by atoms with Crippen LogP contribution in [0.4, 0.5) is 13.2 Å². The van der Waals surface area contributed by atoms with Crippen molar-refractivity contribution in [3.8, 4) is 0 Å². The van der Waals surface area contributed by atoms with Crippen molar-refractivity contribution in [2.75, 3.05) is 0 Å². The Morgan fingerprint density at radius 2 is 1.83 bits per heavy atom. The van der Waals surface area contributed by atoms with Gasteiger partial charge in [0.15, 0.2) is 0 Å². The van der Waals surface area contributed by atoms with Gasteiger partial charge in [0.25, 0.3) is 5.91 Å². The Morgan fingerprint density at radius 1 is 1.22 bits per heavy atom. The fourth-order valence-corrected chi connectivity index (χ4v) is 2.35. The van der Waals surface area contributed by atoms with E-state index in [2.05, 4.69) is 12.2 Å². The third kappa shape index (κ3) is 2.66. The molecule has 1 aromatic carbocycles. The van der Waals surface area contributed by atoms with Crippen LogP contribution in [-0.2, 0) is 0 Å². The van der Waals surface area contributed by atoms with E-state index in [0.29, 0.717) is 18.1 Å². The normalized spacial score (nSPS) is 23.1. The molecule has 0 aliphatic heterocycles. The van der Waals surface area contributed by atoms with Crippen LogP contribution in [-0.4, -0.2) is 11.9 Å². The zero-order chi connectivity index (χ0) is 13.3. The molecule has 18 heavy (non-hydrogen) atoms. The smallest absolute Gasteiger partial charge is 0.257 e. The molecule has 1 N–H and O–H groups in total. The Balaban J connectivity index is 2.14. The SMILES string of the molecule is CC1CCC(NC(=O)c2c(F)cc(F)cc2F)C1. The molecule has 0 saturated heterocycles. The monoisotopic (exact) mass is 257 g/mol. The van der Waals surface area contributed by atoms with Crippen molar-refractivity contribution >= 4 is 5.91 Å². The van der Waals surface area contributed by atoms with Crippen LogP contribution in [0.5, 0.6) is 0 Å². The minimum atomic E-state index is -1.17. The number of hydrogen-bond acceptors (Lipinski definition) is 1. The van der Waals surface area contributed by atoms with E-state index in [1.807, 2.05) is 0 Å². The third-order valence-corrected chi connectivity index (χ3v) is 3.26. The summed E-state index contributed by atoms with van der Waals surface area (Å²) in [6.45, 7) is 2.06. The number of benzene rings is 1. The van der Waals surface area contributed by atoms with E-state index < -0.39 is 28.9 Å². The van der Waals surface area contributed by atoms with Gasteiger partial charge in [-0.25, -0.2) is 13.2 Å². The molecular formula is C13H14F3NO. The molecule has 0 radical (unpaired) electrons. The van der Waals surface area contributed by atoms with Crippen LogP contribution in [0.3, 0.4) is 0 Å². The molecule has 2 rings (SSSR count). The Kier molecular flexibility index (Phi) is 3.59. The zero-order valence-corrected chi connectivity index (χ0v) is 9.97. The van der Waals surface area contributed by atoms with Crippen LogP contribution in [0.25, 0.3) is 0 Å². The van der Waals surface area contributed by atoms with Gasteiger partial charge in [-0.05, 0) is 25.2 Å². The number of hydrogen-bond donors (Lipinski definition) is 1. The standard InChI is InChI=1S/C13H14F3NO/c1-7-2-3-9(4-7)17-13(18)12-10(15)5-8(14)6-11(12)16/h5-7,9H,2-4H2,1H3,(H,17,18). The summed E-state index contributed by atoms with van der Waals surface area (Å²) < 4.78 is 39.5. The van der Waals surface area contributed by atoms with Gasteiger partial charge in [0, 0.05) is 18.2 Å². The van der Waals surface area contributed by atoms with Crippen LogP contribution < -0.4 is 5.32 Å². The highest BCUT2D eigenvalue weighted by molar-refractivity contribution is 5.94. The number of halogens is 3. The van der Waals surface area contributed by atoms with Crippen LogP contribution in [0.2, 0.25) is 0 Å². The van der Waals surface area contributed by atoms with Gasteiger partial charge < -0.3 is 5.32 Å². The first-order valence-corrected chi connectivity index (χ1v) is 5.92. The predicted octanol–water partition coefficient (Wildman–Crippen LogP) is 3.02. The molecule has 1 aliphatic rings. The molecule has 0 spiro atoms. The van der Waals surface area contributed by atoms with Crippen molar-refractivity contribution in [3.63, 3.8) is 0 Å². The topological polar surface area (TPSA) is 29.1 Å². The molecule has 1 aliphatic carbocycles. The lowest BCUT2D eigenvalue weighted by molar-refractivity contribution is 0.0928. The summed E-state index contributed by atoms with van der Waals surface area (Å²) in [7, 11) is 0. The summed E-state index contributed by atoms with van der Waals surface area (Å²) in [5.74, 6) is -3.69. The van der Waals surface area contributed by atoms with Crippen molar-refractivity contribution in [1.29, 1.82) is 0 Å². The zero-order valence-electron chi connectivity index (χ0n) is 9.97. The van der Waals surface area contributed by atoms with E-state index >= 15 is 0 Å². The van der Waals surface area contributed by atoms with Crippen molar-refractivity contribution < 1.29 is 18.0 Å². The third-order valence-electron chi connectivity index (χ3n) is 3.26. The van der Waals surface area contributed by atoms with Gasteiger partial charge in [0.05, 0.1) is 0 Å².